The Balaban J connectivity index is 2.51. The first-order valence-electron chi connectivity index (χ1n) is 4.18. The van der Waals surface area contributed by atoms with Crippen molar-refractivity contribution < 1.29 is 19.1 Å². The highest BCUT2D eigenvalue weighted by Gasteiger charge is 2.13. The van der Waals surface area contributed by atoms with Gasteiger partial charge in [0.05, 0.1) is 7.11 Å². The van der Waals surface area contributed by atoms with E-state index in [0.29, 0.717) is 0 Å². The number of rotatable bonds is 4. The molecular formula is C7H7N5O4S. The number of ether oxygens (including phenoxy) is 1. The van der Waals surface area contributed by atoms with Gasteiger partial charge in [0, 0.05) is 11.5 Å². The molecule has 1 rings (SSSR count). The summed E-state index contributed by atoms with van der Waals surface area (Å²) < 4.78 is 8.05. The average molecular weight is 257 g/mol. The van der Waals surface area contributed by atoms with E-state index in [1.165, 1.54) is 13.2 Å². The maximum absolute atomic E-state index is 11.1. The Bertz CT molecular complexity index is 467. The fourth-order valence-electron chi connectivity index (χ4n) is 0.733. The number of anilines is 1. The van der Waals surface area contributed by atoms with Gasteiger partial charge in [-0.25, -0.2) is 14.4 Å². The third kappa shape index (κ3) is 3.97. The average Bonchev–Trinajstić information content (AvgIpc) is 2.77. The quantitative estimate of drug-likeness (QED) is 0.435. The molecule has 1 aromatic heterocycles. The number of methoxy groups -OCH3 is 1. The van der Waals surface area contributed by atoms with Crippen molar-refractivity contribution >= 4 is 34.7 Å². The van der Waals surface area contributed by atoms with Crippen molar-refractivity contribution in [2.24, 2.45) is 4.99 Å². The van der Waals surface area contributed by atoms with E-state index >= 15 is 0 Å². The Hall–Kier alpha value is -2.32. The van der Waals surface area contributed by atoms with Crippen LogP contribution >= 0.6 is 11.5 Å². The summed E-state index contributed by atoms with van der Waals surface area (Å²) in [5, 5.41) is 4.65. The number of aromatic nitrogens is 2. The van der Waals surface area contributed by atoms with Crippen LogP contribution in [0.15, 0.2) is 4.99 Å². The molecule has 1 heterocycles. The van der Waals surface area contributed by atoms with Crippen LogP contribution in [0, 0.1) is 0 Å². The third-order valence-corrected chi connectivity index (χ3v) is 2.03. The second-order valence-corrected chi connectivity index (χ2v) is 3.20. The number of carbonyl (C=O) groups excluding carboxylic acids is 3. The van der Waals surface area contributed by atoms with Gasteiger partial charge in [-0.3, -0.25) is 5.32 Å². The molecule has 9 nitrogen and oxygen atoms in total. The number of amides is 2. The third-order valence-electron chi connectivity index (χ3n) is 1.40. The van der Waals surface area contributed by atoms with Crippen molar-refractivity contribution in [1.82, 2.24) is 14.7 Å². The molecule has 10 heteroatoms. The highest BCUT2D eigenvalue weighted by atomic mass is 32.1. The molecule has 0 aromatic carbocycles. The molecule has 0 saturated heterocycles. The Morgan fingerprint density at radius 3 is 3.00 bits per heavy atom. The SMILES string of the molecule is COC(=O)c1nsc(NC(=O)NCN=C=O)n1. The number of nitrogens with one attached hydrogen (secondary N) is 2. The summed E-state index contributed by atoms with van der Waals surface area (Å²) >= 11 is 0.819. The summed E-state index contributed by atoms with van der Waals surface area (Å²) in [5.41, 5.74) is 0. The van der Waals surface area contributed by atoms with Crippen LogP contribution < -0.4 is 10.6 Å². The molecule has 0 bridgehead atoms. The van der Waals surface area contributed by atoms with Gasteiger partial charge in [-0.15, -0.1) is 0 Å². The van der Waals surface area contributed by atoms with E-state index in [9.17, 15) is 14.4 Å². The maximum atomic E-state index is 11.1. The summed E-state index contributed by atoms with van der Waals surface area (Å²) in [6.45, 7) is -0.196. The Morgan fingerprint density at radius 2 is 2.35 bits per heavy atom. The molecule has 1 aromatic rings. The van der Waals surface area contributed by atoms with Crippen molar-refractivity contribution in [3.8, 4) is 0 Å². The van der Waals surface area contributed by atoms with E-state index in [0.717, 1.165) is 11.5 Å². The predicted octanol–water partition coefficient (Wildman–Crippen LogP) is -0.261. The van der Waals surface area contributed by atoms with Crippen molar-refractivity contribution in [3.63, 3.8) is 0 Å². The van der Waals surface area contributed by atoms with E-state index in [-0.39, 0.29) is 17.6 Å². The first-order chi connectivity index (χ1) is 8.17. The lowest BCUT2D eigenvalue weighted by Gasteiger charge is -1.99. The van der Waals surface area contributed by atoms with E-state index in [2.05, 4.69) is 29.7 Å². The molecule has 0 aliphatic rings. The number of hydrogen-bond donors (Lipinski definition) is 2. The maximum Gasteiger partial charge on any atom is 0.377 e. The standard InChI is InChI=1S/C7H7N5O4S/c1-16-5(14)4-10-7(17-12-4)11-6(15)9-2-8-3-13/h2H2,1H3,(H2,9,10,11,12,15). The lowest BCUT2D eigenvalue weighted by molar-refractivity contribution is 0.0588. The summed E-state index contributed by atoms with van der Waals surface area (Å²) in [4.78, 5) is 38.7. The van der Waals surface area contributed by atoms with E-state index < -0.39 is 12.0 Å². The summed E-state index contributed by atoms with van der Waals surface area (Å²) in [6.07, 6.45) is 1.26. The lowest BCUT2D eigenvalue weighted by Crippen LogP contribution is -2.28. The minimum Gasteiger partial charge on any atom is -0.463 e. The highest BCUT2D eigenvalue weighted by molar-refractivity contribution is 7.10. The molecule has 0 unspecified atom stereocenters. The topological polar surface area (TPSA) is 123 Å². The lowest BCUT2D eigenvalue weighted by atomic mass is 10.6. The number of nitrogens with zero attached hydrogens (tertiary/aromatic N) is 3. The van der Waals surface area contributed by atoms with Gasteiger partial charge in [0.25, 0.3) is 5.82 Å². The summed E-state index contributed by atoms with van der Waals surface area (Å²) in [5.74, 6) is -0.834. The van der Waals surface area contributed by atoms with Crippen molar-refractivity contribution in [3.05, 3.63) is 5.82 Å². The normalized spacial score (nSPS) is 9.00. The molecule has 17 heavy (non-hydrogen) atoms. The van der Waals surface area contributed by atoms with Gasteiger partial charge in [-0.1, -0.05) is 0 Å². The van der Waals surface area contributed by atoms with Gasteiger partial charge >= 0.3 is 12.0 Å². The van der Waals surface area contributed by atoms with Crippen molar-refractivity contribution in [2.45, 2.75) is 0 Å². The zero-order chi connectivity index (χ0) is 12.7. The molecular weight excluding hydrogens is 250 g/mol. The Morgan fingerprint density at radius 1 is 1.59 bits per heavy atom. The van der Waals surface area contributed by atoms with E-state index in [1.54, 1.807) is 0 Å². The number of carbonyl (C=O) groups is 2. The number of isocyanates is 1. The Kier molecular flexibility index (Phi) is 4.73. The first-order valence-corrected chi connectivity index (χ1v) is 4.95. The highest BCUT2D eigenvalue weighted by Crippen LogP contribution is 2.10. The number of hydrogen-bond acceptors (Lipinski definition) is 8. The van der Waals surface area contributed by atoms with Gasteiger partial charge in [0.1, 0.15) is 6.67 Å². The van der Waals surface area contributed by atoms with Gasteiger partial charge in [-0.05, 0) is 0 Å². The first kappa shape index (κ1) is 12.7. The zero-order valence-corrected chi connectivity index (χ0v) is 9.41. The molecule has 90 valence electrons. The van der Waals surface area contributed by atoms with Crippen LogP contribution in [0.5, 0.6) is 0 Å². The molecule has 2 amide bonds. The van der Waals surface area contributed by atoms with E-state index in [1.807, 2.05) is 0 Å². The number of aliphatic imine (C=N–C) groups is 1. The summed E-state index contributed by atoms with van der Waals surface area (Å²) in [7, 11) is 1.20. The zero-order valence-electron chi connectivity index (χ0n) is 8.59. The van der Waals surface area contributed by atoms with Gasteiger partial charge < -0.3 is 10.1 Å². The van der Waals surface area contributed by atoms with E-state index in [4.69, 9.17) is 0 Å². The van der Waals surface area contributed by atoms with Gasteiger partial charge in [-0.2, -0.15) is 14.3 Å². The minimum atomic E-state index is -0.694. The number of esters is 1. The molecule has 0 aliphatic carbocycles. The van der Waals surface area contributed by atoms with Crippen molar-refractivity contribution in [2.75, 3.05) is 19.1 Å². The Labute approximate surface area is 99.1 Å². The molecule has 0 saturated carbocycles. The molecule has 0 atom stereocenters. The van der Waals surface area contributed by atoms with Gasteiger partial charge in [0.15, 0.2) is 0 Å². The molecule has 0 fully saturated rings. The van der Waals surface area contributed by atoms with Crippen LogP contribution in [-0.2, 0) is 9.53 Å². The van der Waals surface area contributed by atoms with Crippen LogP contribution in [-0.4, -0.2) is 41.2 Å². The monoisotopic (exact) mass is 257 g/mol. The van der Waals surface area contributed by atoms with Crippen LogP contribution in [0.25, 0.3) is 0 Å². The van der Waals surface area contributed by atoms with Crippen LogP contribution in [0.3, 0.4) is 0 Å². The molecule has 0 aliphatic heterocycles. The fraction of sp³-hybridized carbons (Fsp3) is 0.286. The summed E-state index contributed by atoms with van der Waals surface area (Å²) in [6, 6.07) is -0.628. The fourth-order valence-corrected chi connectivity index (χ4v) is 1.29. The smallest absolute Gasteiger partial charge is 0.377 e. The minimum absolute atomic E-state index is 0.123. The number of urea groups is 1. The van der Waals surface area contributed by atoms with Crippen molar-refractivity contribution in [1.29, 1.82) is 0 Å². The molecule has 0 radical (unpaired) electrons. The second kappa shape index (κ2) is 6.30. The molecule has 2 N–H and O–H groups in total. The second-order valence-electron chi connectivity index (χ2n) is 2.45. The van der Waals surface area contributed by atoms with Gasteiger partial charge in [0.2, 0.25) is 11.2 Å². The molecule has 0 spiro atoms. The van der Waals surface area contributed by atoms with Crippen LogP contribution in [0.1, 0.15) is 10.6 Å². The van der Waals surface area contributed by atoms with Crippen LogP contribution in [0.4, 0.5) is 9.93 Å². The largest absolute Gasteiger partial charge is 0.463 e. The predicted molar refractivity (Wildman–Crippen MR) is 56.4 cm³/mol. The van der Waals surface area contributed by atoms with Crippen LogP contribution in [0.2, 0.25) is 0 Å².